The molecule has 0 aromatic rings. The van der Waals surface area contributed by atoms with Gasteiger partial charge < -0.3 is 25.7 Å². The average Bonchev–Trinajstić information content (AvgIpc) is 2.96. The predicted molar refractivity (Wildman–Crippen MR) is 168 cm³/mol. The number of amides is 1. The molecule has 0 rings (SSSR count). The number of nitrogens with one attached hydrogen (secondary N) is 1. The molecule has 4 atom stereocenters. The van der Waals surface area contributed by atoms with Crippen LogP contribution in [0.25, 0.3) is 0 Å². The lowest BCUT2D eigenvalue weighted by Gasteiger charge is -2.27. The Hall–Kier alpha value is -1.21. The van der Waals surface area contributed by atoms with E-state index in [4.69, 9.17) is 0 Å². The second-order valence-corrected chi connectivity index (χ2v) is 11.5. The van der Waals surface area contributed by atoms with E-state index in [0.29, 0.717) is 12.8 Å². The van der Waals surface area contributed by atoms with Crippen LogP contribution in [0.3, 0.4) is 0 Å². The highest BCUT2D eigenvalue weighted by Gasteiger charge is 2.28. The first-order valence-electron chi connectivity index (χ1n) is 16.7. The van der Waals surface area contributed by atoms with Gasteiger partial charge in [0.2, 0.25) is 5.91 Å². The van der Waals surface area contributed by atoms with Gasteiger partial charge in [0.1, 0.15) is 12.2 Å². The molecule has 0 aliphatic carbocycles. The Morgan fingerprint density at radius 1 is 0.650 bits per heavy atom. The zero-order valence-corrected chi connectivity index (χ0v) is 26.1. The van der Waals surface area contributed by atoms with E-state index >= 15 is 0 Å². The fourth-order valence-electron chi connectivity index (χ4n) is 4.97. The Kier molecular flexibility index (Phi) is 28.4. The van der Waals surface area contributed by atoms with Crippen LogP contribution in [0.5, 0.6) is 0 Å². The molecule has 5 N–H and O–H groups in total. The van der Waals surface area contributed by atoms with Crippen LogP contribution in [0.15, 0.2) is 24.3 Å². The van der Waals surface area contributed by atoms with Crippen molar-refractivity contribution in [2.24, 2.45) is 0 Å². The standard InChI is InChI=1S/C34H65NO5/c1-3-5-7-9-10-11-12-13-14-15-16-17-18-19-20-21-22-23-24-26-28-32(38)34(40)35-30(29-36)33(39)31(37)27-25-8-6-4-2/h5,7,10-11,30-33,36-39H,3-4,6,8-9,12-29H2,1-2H3,(H,35,40)/b7-5-,11-10-. The topological polar surface area (TPSA) is 110 Å². The summed E-state index contributed by atoms with van der Waals surface area (Å²) in [4.78, 5) is 12.3. The number of aliphatic hydroxyl groups is 4. The number of hydrogen-bond donors (Lipinski definition) is 5. The van der Waals surface area contributed by atoms with Crippen molar-refractivity contribution in [1.29, 1.82) is 0 Å². The van der Waals surface area contributed by atoms with E-state index in [2.05, 4.69) is 43.5 Å². The van der Waals surface area contributed by atoms with Gasteiger partial charge >= 0.3 is 0 Å². The highest BCUT2D eigenvalue weighted by atomic mass is 16.3. The molecule has 0 aromatic heterocycles. The van der Waals surface area contributed by atoms with Gasteiger partial charge in [-0.1, -0.05) is 141 Å². The lowest BCUT2D eigenvalue weighted by Crippen LogP contribution is -2.53. The molecule has 0 heterocycles. The van der Waals surface area contributed by atoms with Crippen LogP contribution in [-0.2, 0) is 4.79 Å². The molecule has 0 saturated heterocycles. The van der Waals surface area contributed by atoms with E-state index < -0.39 is 36.9 Å². The second-order valence-electron chi connectivity index (χ2n) is 11.5. The Bertz CT molecular complexity index is 609. The highest BCUT2D eigenvalue weighted by molar-refractivity contribution is 5.80. The van der Waals surface area contributed by atoms with Crippen LogP contribution in [0.1, 0.15) is 155 Å². The van der Waals surface area contributed by atoms with Crippen molar-refractivity contribution >= 4 is 5.91 Å². The summed E-state index contributed by atoms with van der Waals surface area (Å²) in [6.45, 7) is 3.79. The minimum atomic E-state index is -1.25. The molecule has 0 fully saturated rings. The summed E-state index contributed by atoms with van der Waals surface area (Å²) >= 11 is 0. The first-order valence-corrected chi connectivity index (χ1v) is 16.7. The molecule has 0 radical (unpaired) electrons. The Morgan fingerprint density at radius 2 is 1.15 bits per heavy atom. The Morgan fingerprint density at radius 3 is 1.70 bits per heavy atom. The van der Waals surface area contributed by atoms with Crippen LogP contribution in [0.4, 0.5) is 0 Å². The molecular formula is C34H65NO5. The minimum absolute atomic E-state index is 0.367. The SMILES string of the molecule is CC/C=C\C/C=C\CCCCCCCCCCCCCCCC(O)C(=O)NC(CO)C(O)C(O)CCCCCC. The van der Waals surface area contributed by atoms with Crippen molar-refractivity contribution < 1.29 is 25.2 Å². The average molecular weight is 568 g/mol. The summed E-state index contributed by atoms with van der Waals surface area (Å²) in [6, 6.07) is -0.978. The van der Waals surface area contributed by atoms with Gasteiger partial charge in [0, 0.05) is 0 Å². The first-order chi connectivity index (χ1) is 19.5. The van der Waals surface area contributed by atoms with Crippen molar-refractivity contribution in [2.45, 2.75) is 179 Å². The zero-order valence-electron chi connectivity index (χ0n) is 26.1. The predicted octanol–water partition coefficient (Wildman–Crippen LogP) is 7.28. The third-order valence-electron chi connectivity index (χ3n) is 7.68. The maximum atomic E-state index is 12.3. The van der Waals surface area contributed by atoms with Crippen LogP contribution < -0.4 is 5.32 Å². The number of hydrogen-bond acceptors (Lipinski definition) is 5. The number of aliphatic hydroxyl groups excluding tert-OH is 4. The maximum Gasteiger partial charge on any atom is 0.249 e. The summed E-state index contributed by atoms with van der Waals surface area (Å²) < 4.78 is 0. The Balaban J connectivity index is 3.66. The molecule has 0 spiro atoms. The fraction of sp³-hybridized carbons (Fsp3) is 0.853. The fourth-order valence-corrected chi connectivity index (χ4v) is 4.97. The number of carbonyl (C=O) groups excluding carboxylic acids is 1. The molecule has 0 aliphatic heterocycles. The summed E-state index contributed by atoms with van der Waals surface area (Å²) in [5, 5.41) is 42.7. The summed E-state index contributed by atoms with van der Waals surface area (Å²) in [5.41, 5.74) is 0. The number of carbonyl (C=O) groups is 1. The monoisotopic (exact) mass is 567 g/mol. The lowest BCUT2D eigenvalue weighted by atomic mass is 9.99. The van der Waals surface area contributed by atoms with E-state index in [9.17, 15) is 25.2 Å². The number of unbranched alkanes of at least 4 members (excludes halogenated alkanes) is 16. The lowest BCUT2D eigenvalue weighted by molar-refractivity contribution is -0.132. The van der Waals surface area contributed by atoms with E-state index in [1.807, 2.05) is 0 Å². The van der Waals surface area contributed by atoms with Crippen molar-refractivity contribution in [3.63, 3.8) is 0 Å². The van der Waals surface area contributed by atoms with E-state index in [1.165, 1.54) is 70.6 Å². The maximum absolute atomic E-state index is 12.3. The smallest absolute Gasteiger partial charge is 0.249 e. The molecular weight excluding hydrogens is 502 g/mol. The molecule has 0 saturated carbocycles. The van der Waals surface area contributed by atoms with Gasteiger partial charge in [-0.05, 0) is 38.5 Å². The third-order valence-corrected chi connectivity index (χ3v) is 7.68. The molecule has 0 aromatic carbocycles. The summed E-state index contributed by atoms with van der Waals surface area (Å²) in [7, 11) is 0. The first kappa shape index (κ1) is 38.8. The molecule has 4 unspecified atom stereocenters. The zero-order chi connectivity index (χ0) is 29.7. The van der Waals surface area contributed by atoms with E-state index in [0.717, 1.165) is 57.8 Å². The summed E-state index contributed by atoms with van der Waals surface area (Å²) in [6.07, 6.45) is 29.7. The van der Waals surface area contributed by atoms with Gasteiger partial charge in [-0.15, -0.1) is 0 Å². The van der Waals surface area contributed by atoms with Gasteiger partial charge in [0.25, 0.3) is 0 Å². The molecule has 1 amide bonds. The number of rotatable bonds is 29. The quantitative estimate of drug-likeness (QED) is 0.0482. The van der Waals surface area contributed by atoms with Gasteiger partial charge in [-0.3, -0.25) is 4.79 Å². The van der Waals surface area contributed by atoms with Crippen molar-refractivity contribution in [1.82, 2.24) is 5.32 Å². The number of allylic oxidation sites excluding steroid dienone is 4. The summed E-state index contributed by atoms with van der Waals surface area (Å²) in [5.74, 6) is -0.594. The van der Waals surface area contributed by atoms with Crippen LogP contribution >= 0.6 is 0 Å². The van der Waals surface area contributed by atoms with Crippen LogP contribution in [0.2, 0.25) is 0 Å². The van der Waals surface area contributed by atoms with E-state index in [1.54, 1.807) is 0 Å². The second kappa shape index (κ2) is 29.3. The van der Waals surface area contributed by atoms with Crippen molar-refractivity contribution in [3.05, 3.63) is 24.3 Å². The van der Waals surface area contributed by atoms with Crippen molar-refractivity contribution in [2.75, 3.05) is 6.61 Å². The van der Waals surface area contributed by atoms with Crippen LogP contribution in [0, 0.1) is 0 Å². The molecule has 236 valence electrons. The normalized spacial score (nSPS) is 15.1. The minimum Gasteiger partial charge on any atom is -0.394 e. The largest absolute Gasteiger partial charge is 0.394 e. The molecule has 40 heavy (non-hydrogen) atoms. The van der Waals surface area contributed by atoms with Gasteiger partial charge in [-0.25, -0.2) is 0 Å². The van der Waals surface area contributed by atoms with Crippen molar-refractivity contribution in [3.8, 4) is 0 Å². The molecule has 6 nitrogen and oxygen atoms in total. The third kappa shape index (κ3) is 23.5. The molecule has 0 aliphatic rings. The highest BCUT2D eigenvalue weighted by Crippen LogP contribution is 2.15. The Labute approximate surface area is 246 Å². The molecule has 6 heteroatoms. The van der Waals surface area contributed by atoms with Gasteiger partial charge in [-0.2, -0.15) is 0 Å². The molecule has 0 bridgehead atoms. The van der Waals surface area contributed by atoms with Crippen LogP contribution in [-0.4, -0.2) is 57.3 Å². The van der Waals surface area contributed by atoms with E-state index in [-0.39, 0.29) is 0 Å². The van der Waals surface area contributed by atoms with Gasteiger partial charge in [0.15, 0.2) is 0 Å². The van der Waals surface area contributed by atoms with Gasteiger partial charge in [0.05, 0.1) is 18.8 Å².